The number of nitrogens with zero attached hydrogens (tertiary/aromatic N) is 1. The van der Waals surface area contributed by atoms with Crippen LogP contribution in [-0.4, -0.2) is 28.9 Å². The third kappa shape index (κ3) is 3.68. The minimum absolute atomic E-state index is 0.212. The molecule has 2 atom stereocenters. The smallest absolute Gasteiger partial charge is 0.307 e. The topological polar surface area (TPSA) is 57.6 Å². The Bertz CT molecular complexity index is 570. The molecule has 1 aromatic rings. The summed E-state index contributed by atoms with van der Waals surface area (Å²) in [4.78, 5) is 25.1. The second kappa shape index (κ2) is 6.52. The standard InChI is InChI=1S/C16H18FNO3/c1-18(10-11-5-4-6-12(17)9-11)15(19)13-7-2-3-8-14(13)16(20)21/h2-6,9,13-14H,7-8,10H2,1H3,(H,20,21)/t13-,14+/m1/s1. The molecule has 0 saturated carbocycles. The van der Waals surface area contributed by atoms with Gasteiger partial charge in [0.2, 0.25) is 5.91 Å². The molecule has 21 heavy (non-hydrogen) atoms. The summed E-state index contributed by atoms with van der Waals surface area (Å²) < 4.78 is 13.2. The van der Waals surface area contributed by atoms with Crippen LogP contribution in [-0.2, 0) is 16.1 Å². The van der Waals surface area contributed by atoms with Crippen molar-refractivity contribution in [3.63, 3.8) is 0 Å². The lowest BCUT2D eigenvalue weighted by Crippen LogP contribution is -2.39. The Morgan fingerprint density at radius 2 is 1.95 bits per heavy atom. The van der Waals surface area contributed by atoms with Crippen molar-refractivity contribution in [2.24, 2.45) is 11.8 Å². The molecule has 112 valence electrons. The van der Waals surface area contributed by atoms with Gasteiger partial charge >= 0.3 is 5.97 Å². The fraction of sp³-hybridized carbons (Fsp3) is 0.375. The molecule has 0 radical (unpaired) electrons. The number of carboxylic acids is 1. The van der Waals surface area contributed by atoms with Gasteiger partial charge in [-0.1, -0.05) is 24.3 Å². The van der Waals surface area contributed by atoms with Crippen molar-refractivity contribution in [1.29, 1.82) is 0 Å². The number of halogens is 1. The number of benzene rings is 1. The van der Waals surface area contributed by atoms with Gasteiger partial charge in [-0.05, 0) is 30.5 Å². The average Bonchev–Trinajstić information content (AvgIpc) is 2.46. The summed E-state index contributed by atoms with van der Waals surface area (Å²) in [6.07, 6.45) is 4.45. The highest BCUT2D eigenvalue weighted by Crippen LogP contribution is 2.27. The Hall–Kier alpha value is -2.17. The van der Waals surface area contributed by atoms with E-state index in [1.54, 1.807) is 25.3 Å². The summed E-state index contributed by atoms with van der Waals surface area (Å²) in [7, 11) is 1.62. The largest absolute Gasteiger partial charge is 0.481 e. The zero-order chi connectivity index (χ0) is 15.4. The summed E-state index contributed by atoms with van der Waals surface area (Å²) in [5.41, 5.74) is 0.684. The van der Waals surface area contributed by atoms with Gasteiger partial charge in [-0.2, -0.15) is 0 Å². The Morgan fingerprint density at radius 1 is 1.29 bits per heavy atom. The molecule has 2 rings (SSSR count). The number of carboxylic acid groups (broad SMARTS) is 1. The normalized spacial score (nSPS) is 21.0. The lowest BCUT2D eigenvalue weighted by Gasteiger charge is -2.28. The van der Waals surface area contributed by atoms with E-state index in [0.29, 0.717) is 18.4 Å². The van der Waals surface area contributed by atoms with E-state index in [0.717, 1.165) is 0 Å². The molecule has 0 aliphatic heterocycles. The van der Waals surface area contributed by atoms with Crippen LogP contribution in [0.25, 0.3) is 0 Å². The van der Waals surface area contributed by atoms with E-state index in [4.69, 9.17) is 0 Å². The number of rotatable bonds is 4. The molecule has 4 nitrogen and oxygen atoms in total. The SMILES string of the molecule is CN(Cc1cccc(F)c1)C(=O)[C@@H]1CC=CC[C@@H]1C(=O)O. The van der Waals surface area contributed by atoms with Crippen LogP contribution in [0.1, 0.15) is 18.4 Å². The Morgan fingerprint density at radius 3 is 2.57 bits per heavy atom. The van der Waals surface area contributed by atoms with Crippen molar-refractivity contribution in [3.8, 4) is 0 Å². The number of carbonyl (C=O) groups excluding carboxylic acids is 1. The first kappa shape index (κ1) is 15.2. The van der Waals surface area contributed by atoms with E-state index in [9.17, 15) is 19.1 Å². The fourth-order valence-corrected chi connectivity index (χ4v) is 2.63. The van der Waals surface area contributed by atoms with E-state index in [1.165, 1.54) is 17.0 Å². The molecule has 1 aliphatic rings. The van der Waals surface area contributed by atoms with Crippen LogP contribution in [0.4, 0.5) is 4.39 Å². The van der Waals surface area contributed by atoms with Crippen molar-refractivity contribution < 1.29 is 19.1 Å². The van der Waals surface area contributed by atoms with Crippen LogP contribution in [0.3, 0.4) is 0 Å². The van der Waals surface area contributed by atoms with Crippen molar-refractivity contribution in [2.75, 3.05) is 7.05 Å². The summed E-state index contributed by atoms with van der Waals surface area (Å²) in [5, 5.41) is 9.21. The number of hydrogen-bond donors (Lipinski definition) is 1. The molecule has 0 unspecified atom stereocenters. The Labute approximate surface area is 122 Å². The van der Waals surface area contributed by atoms with E-state index in [1.807, 2.05) is 6.08 Å². The van der Waals surface area contributed by atoms with Gasteiger partial charge in [0.1, 0.15) is 5.82 Å². The molecule has 0 saturated heterocycles. The first-order valence-corrected chi connectivity index (χ1v) is 6.86. The lowest BCUT2D eigenvalue weighted by molar-refractivity contribution is -0.150. The monoisotopic (exact) mass is 291 g/mol. The molecular formula is C16H18FNO3. The molecule has 0 bridgehead atoms. The molecule has 1 aromatic carbocycles. The predicted molar refractivity (Wildman–Crippen MR) is 75.9 cm³/mol. The Balaban J connectivity index is 2.07. The molecule has 0 heterocycles. The van der Waals surface area contributed by atoms with Gasteiger partial charge < -0.3 is 10.0 Å². The lowest BCUT2D eigenvalue weighted by atomic mass is 9.82. The minimum Gasteiger partial charge on any atom is -0.481 e. The first-order valence-electron chi connectivity index (χ1n) is 6.86. The van der Waals surface area contributed by atoms with Gasteiger partial charge in [-0.3, -0.25) is 9.59 Å². The summed E-state index contributed by atoms with van der Waals surface area (Å²) in [6, 6.07) is 6.05. The molecular weight excluding hydrogens is 273 g/mol. The highest BCUT2D eigenvalue weighted by molar-refractivity contribution is 5.85. The van der Waals surface area contributed by atoms with E-state index in [-0.39, 0.29) is 18.3 Å². The van der Waals surface area contributed by atoms with Gasteiger partial charge in [0, 0.05) is 13.6 Å². The van der Waals surface area contributed by atoms with E-state index >= 15 is 0 Å². The van der Waals surface area contributed by atoms with Crippen LogP contribution in [0.5, 0.6) is 0 Å². The summed E-state index contributed by atoms with van der Waals surface area (Å²) in [5.74, 6) is -2.74. The summed E-state index contributed by atoms with van der Waals surface area (Å²) >= 11 is 0. The van der Waals surface area contributed by atoms with Crippen LogP contribution in [0, 0.1) is 17.7 Å². The predicted octanol–water partition coefficient (Wildman–Crippen LogP) is 2.45. The number of amides is 1. The maximum absolute atomic E-state index is 13.2. The van der Waals surface area contributed by atoms with Crippen LogP contribution >= 0.6 is 0 Å². The Kier molecular flexibility index (Phi) is 4.73. The van der Waals surface area contributed by atoms with Crippen molar-refractivity contribution in [3.05, 3.63) is 47.8 Å². The second-order valence-corrected chi connectivity index (χ2v) is 5.32. The van der Waals surface area contributed by atoms with Gasteiger partial charge in [0.05, 0.1) is 11.8 Å². The molecule has 1 amide bonds. The maximum atomic E-state index is 13.2. The van der Waals surface area contributed by atoms with Crippen molar-refractivity contribution in [1.82, 2.24) is 4.90 Å². The molecule has 0 aromatic heterocycles. The van der Waals surface area contributed by atoms with Gasteiger partial charge in [-0.25, -0.2) is 4.39 Å². The molecule has 0 fully saturated rings. The zero-order valence-electron chi connectivity index (χ0n) is 11.8. The highest BCUT2D eigenvalue weighted by Gasteiger charge is 2.35. The third-order valence-corrected chi connectivity index (χ3v) is 3.75. The van der Waals surface area contributed by atoms with Crippen molar-refractivity contribution >= 4 is 11.9 Å². The number of aliphatic carboxylic acids is 1. The minimum atomic E-state index is -0.947. The maximum Gasteiger partial charge on any atom is 0.307 e. The molecule has 0 spiro atoms. The quantitative estimate of drug-likeness (QED) is 0.867. The van der Waals surface area contributed by atoms with Crippen LogP contribution in [0.2, 0.25) is 0 Å². The number of allylic oxidation sites excluding steroid dienone is 2. The number of hydrogen-bond acceptors (Lipinski definition) is 2. The summed E-state index contributed by atoms with van der Waals surface area (Å²) in [6.45, 7) is 0.267. The van der Waals surface area contributed by atoms with Crippen LogP contribution in [0.15, 0.2) is 36.4 Å². The van der Waals surface area contributed by atoms with E-state index < -0.39 is 17.8 Å². The van der Waals surface area contributed by atoms with Gasteiger partial charge in [0.15, 0.2) is 0 Å². The van der Waals surface area contributed by atoms with Gasteiger partial charge in [-0.15, -0.1) is 0 Å². The van der Waals surface area contributed by atoms with Crippen molar-refractivity contribution in [2.45, 2.75) is 19.4 Å². The van der Waals surface area contributed by atoms with Crippen LogP contribution < -0.4 is 0 Å². The number of carbonyl (C=O) groups is 2. The molecule has 1 N–H and O–H groups in total. The second-order valence-electron chi connectivity index (χ2n) is 5.32. The third-order valence-electron chi connectivity index (χ3n) is 3.75. The zero-order valence-corrected chi connectivity index (χ0v) is 11.8. The van der Waals surface area contributed by atoms with Gasteiger partial charge in [0.25, 0.3) is 0 Å². The first-order chi connectivity index (χ1) is 9.99. The average molecular weight is 291 g/mol. The molecule has 1 aliphatic carbocycles. The fourth-order valence-electron chi connectivity index (χ4n) is 2.63. The highest BCUT2D eigenvalue weighted by atomic mass is 19.1. The molecule has 5 heteroatoms. The van der Waals surface area contributed by atoms with E-state index in [2.05, 4.69) is 0 Å².